The lowest BCUT2D eigenvalue weighted by molar-refractivity contribution is 0.151. The lowest BCUT2D eigenvalue weighted by Crippen LogP contribution is -2.11. The maximum atomic E-state index is 13.4. The summed E-state index contributed by atoms with van der Waals surface area (Å²) >= 11 is 0. The monoisotopic (exact) mass is 208 g/mol. The van der Waals surface area contributed by atoms with E-state index in [4.69, 9.17) is 0 Å². The van der Waals surface area contributed by atoms with E-state index < -0.39 is 5.60 Å². The second-order valence-corrected chi connectivity index (χ2v) is 4.91. The van der Waals surface area contributed by atoms with Gasteiger partial charge in [0, 0.05) is 6.42 Å². The zero-order valence-electron chi connectivity index (χ0n) is 9.26. The van der Waals surface area contributed by atoms with Gasteiger partial charge in [-0.1, -0.05) is 26.0 Å². The maximum Gasteiger partial charge on any atom is 0.126 e. The molecule has 2 rings (SSSR count). The number of rotatable bonds is 3. The summed E-state index contributed by atoms with van der Waals surface area (Å²) in [5, 5.41) is 9.79. The molecule has 0 atom stereocenters. The van der Waals surface area contributed by atoms with E-state index in [2.05, 4.69) is 0 Å². The van der Waals surface area contributed by atoms with Gasteiger partial charge in [0.2, 0.25) is 0 Å². The Hall–Kier alpha value is -0.890. The molecule has 0 unspecified atom stereocenters. The van der Waals surface area contributed by atoms with Crippen molar-refractivity contribution < 1.29 is 9.50 Å². The number of hydrogen-bond donors (Lipinski definition) is 1. The van der Waals surface area contributed by atoms with Crippen LogP contribution in [0.3, 0.4) is 0 Å². The third kappa shape index (κ3) is 2.37. The Balaban J connectivity index is 2.22. The Morgan fingerprint density at radius 1 is 1.40 bits per heavy atom. The number of aliphatic hydroxyl groups is 1. The zero-order chi connectivity index (χ0) is 11.1. The number of hydrogen-bond acceptors (Lipinski definition) is 1. The molecule has 1 fully saturated rings. The van der Waals surface area contributed by atoms with Gasteiger partial charge < -0.3 is 5.11 Å². The molecular formula is C13H17FO. The van der Waals surface area contributed by atoms with E-state index in [1.807, 2.05) is 19.9 Å². The summed E-state index contributed by atoms with van der Waals surface area (Å²) in [6.45, 7) is 3.96. The average Bonchev–Trinajstić information content (AvgIpc) is 2.87. The first-order valence-electron chi connectivity index (χ1n) is 5.51. The van der Waals surface area contributed by atoms with E-state index in [1.165, 1.54) is 6.07 Å². The molecule has 0 amide bonds. The second kappa shape index (κ2) is 3.60. The van der Waals surface area contributed by atoms with Crippen molar-refractivity contribution in [1.29, 1.82) is 0 Å². The molecule has 0 aliphatic heterocycles. The third-order valence-electron chi connectivity index (χ3n) is 3.04. The smallest absolute Gasteiger partial charge is 0.126 e. The van der Waals surface area contributed by atoms with Gasteiger partial charge in [0.1, 0.15) is 5.82 Å². The van der Waals surface area contributed by atoms with Gasteiger partial charge in [-0.2, -0.15) is 0 Å². The molecule has 1 aromatic carbocycles. The first-order valence-corrected chi connectivity index (χ1v) is 5.51. The van der Waals surface area contributed by atoms with Crippen LogP contribution in [0.25, 0.3) is 0 Å². The Morgan fingerprint density at radius 2 is 2.07 bits per heavy atom. The predicted octanol–water partition coefficient (Wildman–Crippen LogP) is 3.02. The molecule has 0 heterocycles. The zero-order valence-corrected chi connectivity index (χ0v) is 9.26. The van der Waals surface area contributed by atoms with Crippen LogP contribution in [0.2, 0.25) is 0 Å². The van der Waals surface area contributed by atoms with Crippen molar-refractivity contribution in [3.05, 3.63) is 35.1 Å². The summed E-state index contributed by atoms with van der Waals surface area (Å²) in [7, 11) is 0. The summed E-state index contributed by atoms with van der Waals surface area (Å²) in [4.78, 5) is 0. The Bertz CT molecular complexity index is 367. The van der Waals surface area contributed by atoms with Crippen LogP contribution in [0.5, 0.6) is 0 Å². The Morgan fingerprint density at radius 3 is 2.60 bits per heavy atom. The molecule has 1 saturated carbocycles. The van der Waals surface area contributed by atoms with E-state index in [0.29, 0.717) is 6.42 Å². The molecule has 0 saturated heterocycles. The summed E-state index contributed by atoms with van der Waals surface area (Å²) in [6, 6.07) is 5.17. The van der Waals surface area contributed by atoms with Crippen molar-refractivity contribution in [1.82, 2.24) is 0 Å². The van der Waals surface area contributed by atoms with Crippen LogP contribution >= 0.6 is 0 Å². The van der Waals surface area contributed by atoms with E-state index in [9.17, 15) is 9.50 Å². The standard InChI is InChI=1S/C13H17FO/c1-9(2)11-7-10(3-4-12(11)14)8-13(15)5-6-13/h3-4,7,9,15H,5-6,8H2,1-2H3. The van der Waals surface area contributed by atoms with Gasteiger partial charge in [-0.15, -0.1) is 0 Å². The molecule has 15 heavy (non-hydrogen) atoms. The summed E-state index contributed by atoms with van der Waals surface area (Å²) in [6.07, 6.45) is 2.41. The number of benzene rings is 1. The molecule has 1 aromatic rings. The van der Waals surface area contributed by atoms with Crippen LogP contribution in [0, 0.1) is 5.82 Å². The molecule has 1 N–H and O–H groups in total. The summed E-state index contributed by atoms with van der Waals surface area (Å²) < 4.78 is 13.4. The summed E-state index contributed by atoms with van der Waals surface area (Å²) in [5.41, 5.74) is 1.29. The first kappa shape index (κ1) is 10.6. The van der Waals surface area contributed by atoms with Gasteiger partial charge in [0.05, 0.1) is 5.60 Å². The molecular weight excluding hydrogens is 191 g/mol. The highest BCUT2D eigenvalue weighted by Crippen LogP contribution is 2.38. The molecule has 2 heteroatoms. The average molecular weight is 208 g/mol. The topological polar surface area (TPSA) is 20.2 Å². The van der Waals surface area contributed by atoms with Gasteiger partial charge in [0.15, 0.2) is 0 Å². The minimum atomic E-state index is -0.494. The van der Waals surface area contributed by atoms with Gasteiger partial charge in [-0.05, 0) is 36.0 Å². The van der Waals surface area contributed by atoms with Crippen LogP contribution in [-0.4, -0.2) is 10.7 Å². The van der Waals surface area contributed by atoms with Crippen LogP contribution in [-0.2, 0) is 6.42 Å². The molecule has 0 bridgehead atoms. The predicted molar refractivity (Wildman–Crippen MR) is 58.4 cm³/mol. The van der Waals surface area contributed by atoms with Gasteiger partial charge in [-0.3, -0.25) is 0 Å². The lowest BCUT2D eigenvalue weighted by atomic mass is 9.97. The third-order valence-corrected chi connectivity index (χ3v) is 3.04. The highest BCUT2D eigenvalue weighted by Gasteiger charge is 2.40. The van der Waals surface area contributed by atoms with Crippen molar-refractivity contribution in [3.8, 4) is 0 Å². The van der Waals surface area contributed by atoms with Crippen molar-refractivity contribution >= 4 is 0 Å². The van der Waals surface area contributed by atoms with Crippen LogP contribution in [0.1, 0.15) is 43.7 Å². The van der Waals surface area contributed by atoms with E-state index >= 15 is 0 Å². The van der Waals surface area contributed by atoms with Crippen molar-refractivity contribution in [3.63, 3.8) is 0 Å². The highest BCUT2D eigenvalue weighted by atomic mass is 19.1. The maximum absolute atomic E-state index is 13.4. The first-order chi connectivity index (χ1) is 7.00. The van der Waals surface area contributed by atoms with Crippen molar-refractivity contribution in [2.75, 3.05) is 0 Å². The van der Waals surface area contributed by atoms with Gasteiger partial charge in [0.25, 0.3) is 0 Å². The fraction of sp³-hybridized carbons (Fsp3) is 0.538. The largest absolute Gasteiger partial charge is 0.390 e. The van der Waals surface area contributed by atoms with Crippen molar-refractivity contribution in [2.24, 2.45) is 0 Å². The van der Waals surface area contributed by atoms with Crippen LogP contribution < -0.4 is 0 Å². The van der Waals surface area contributed by atoms with E-state index in [-0.39, 0.29) is 11.7 Å². The molecule has 1 aliphatic rings. The van der Waals surface area contributed by atoms with Crippen molar-refractivity contribution in [2.45, 2.75) is 44.6 Å². The van der Waals surface area contributed by atoms with Crippen LogP contribution in [0.4, 0.5) is 4.39 Å². The Kier molecular flexibility index (Phi) is 2.55. The molecule has 0 aromatic heterocycles. The van der Waals surface area contributed by atoms with Gasteiger partial charge in [-0.25, -0.2) is 4.39 Å². The quantitative estimate of drug-likeness (QED) is 0.809. The van der Waals surface area contributed by atoms with E-state index in [1.54, 1.807) is 6.07 Å². The minimum Gasteiger partial charge on any atom is -0.390 e. The fourth-order valence-corrected chi connectivity index (χ4v) is 1.85. The minimum absolute atomic E-state index is 0.142. The number of halogens is 1. The molecule has 0 radical (unpaired) electrons. The Labute approximate surface area is 89.9 Å². The molecule has 82 valence electrons. The SMILES string of the molecule is CC(C)c1cc(CC2(O)CC2)ccc1F. The molecule has 1 nitrogen and oxygen atoms in total. The fourth-order valence-electron chi connectivity index (χ4n) is 1.85. The molecule has 0 spiro atoms. The summed E-state index contributed by atoms with van der Waals surface area (Å²) in [5.74, 6) is 0.0512. The molecule has 1 aliphatic carbocycles. The van der Waals surface area contributed by atoms with E-state index in [0.717, 1.165) is 24.0 Å². The van der Waals surface area contributed by atoms with Crippen LogP contribution in [0.15, 0.2) is 18.2 Å². The van der Waals surface area contributed by atoms with Gasteiger partial charge >= 0.3 is 0 Å². The highest BCUT2D eigenvalue weighted by molar-refractivity contribution is 5.29. The normalized spacial score (nSPS) is 18.2. The second-order valence-electron chi connectivity index (χ2n) is 4.91. The lowest BCUT2D eigenvalue weighted by Gasteiger charge is -2.12.